The fourth-order valence-electron chi connectivity index (χ4n) is 3.44. The summed E-state index contributed by atoms with van der Waals surface area (Å²) in [6, 6.07) is 15.8. The topological polar surface area (TPSA) is 81.7 Å². The molecule has 3 rings (SSSR count). The number of fused-ring (bicyclic) bond motifs is 1. The number of Topliss-reactive ketones (excluding diaryl/α,β-unsaturated/α-hetero) is 1. The molecular weight excluding hydrogens is 334 g/mol. The molecule has 0 spiro atoms. The molecule has 1 N–H and O–H groups in total. The summed E-state index contributed by atoms with van der Waals surface area (Å²) in [7, 11) is 2.36. The van der Waals surface area contributed by atoms with Crippen molar-refractivity contribution in [3.63, 3.8) is 0 Å². The minimum absolute atomic E-state index is 0.0818. The van der Waals surface area contributed by atoms with Crippen LogP contribution in [0.3, 0.4) is 0 Å². The maximum Gasteiger partial charge on any atom is 0.344 e. The molecule has 26 heavy (non-hydrogen) atoms. The van der Waals surface area contributed by atoms with Gasteiger partial charge in [-0.1, -0.05) is 48.5 Å². The summed E-state index contributed by atoms with van der Waals surface area (Å²) in [4.78, 5) is 38.9. The minimum Gasteiger partial charge on any atom is -0.467 e. The van der Waals surface area contributed by atoms with Crippen molar-refractivity contribution in [2.75, 3.05) is 19.5 Å². The molecule has 0 radical (unpaired) electrons. The molecule has 1 heterocycles. The third kappa shape index (κ3) is 2.73. The second kappa shape index (κ2) is 7.00. The van der Waals surface area contributed by atoms with Crippen LogP contribution >= 0.6 is 0 Å². The van der Waals surface area contributed by atoms with Gasteiger partial charge in [0.1, 0.15) is 5.78 Å². The zero-order chi connectivity index (χ0) is 18.7. The second-order valence-corrected chi connectivity index (χ2v) is 6.06. The Morgan fingerprint density at radius 3 is 2.15 bits per heavy atom. The Morgan fingerprint density at radius 1 is 0.962 bits per heavy atom. The van der Waals surface area contributed by atoms with Gasteiger partial charge < -0.3 is 14.8 Å². The van der Waals surface area contributed by atoms with Gasteiger partial charge in [-0.05, 0) is 17.2 Å². The first-order valence-electron chi connectivity index (χ1n) is 8.15. The van der Waals surface area contributed by atoms with Gasteiger partial charge in [-0.25, -0.2) is 9.59 Å². The Kier molecular flexibility index (Phi) is 4.75. The summed E-state index contributed by atoms with van der Waals surface area (Å²) in [6.45, 7) is 0. The van der Waals surface area contributed by atoms with E-state index in [1.165, 1.54) is 14.2 Å². The zero-order valence-corrected chi connectivity index (χ0v) is 14.5. The molecule has 6 heteroatoms. The van der Waals surface area contributed by atoms with Gasteiger partial charge in [-0.2, -0.15) is 0 Å². The molecule has 0 bridgehead atoms. The maximum absolute atomic E-state index is 13.2. The minimum atomic E-state index is -2.01. The Hall–Kier alpha value is -3.15. The lowest BCUT2D eigenvalue weighted by Crippen LogP contribution is -2.60. The van der Waals surface area contributed by atoms with Gasteiger partial charge in [0.15, 0.2) is 0 Å². The summed E-state index contributed by atoms with van der Waals surface area (Å²) in [6.07, 6.45) is 0.0818. The first-order valence-corrected chi connectivity index (χ1v) is 8.15. The predicted molar refractivity (Wildman–Crippen MR) is 94.7 cm³/mol. The fourth-order valence-corrected chi connectivity index (χ4v) is 3.44. The molecule has 1 unspecified atom stereocenters. The van der Waals surface area contributed by atoms with Crippen molar-refractivity contribution in [1.82, 2.24) is 0 Å². The van der Waals surface area contributed by atoms with Crippen LogP contribution in [0.25, 0.3) is 0 Å². The number of carbonyl (C=O) groups excluding carboxylic acids is 3. The first kappa shape index (κ1) is 17.7. The van der Waals surface area contributed by atoms with Gasteiger partial charge in [-0.3, -0.25) is 4.79 Å². The lowest BCUT2D eigenvalue weighted by Gasteiger charge is -2.35. The number of anilines is 1. The van der Waals surface area contributed by atoms with Crippen molar-refractivity contribution >= 4 is 23.4 Å². The van der Waals surface area contributed by atoms with Gasteiger partial charge in [-0.15, -0.1) is 0 Å². The number of hydrogen-bond acceptors (Lipinski definition) is 6. The molecule has 2 aromatic rings. The highest BCUT2D eigenvalue weighted by atomic mass is 16.5. The number of benzene rings is 2. The third-order valence-electron chi connectivity index (χ3n) is 4.62. The molecule has 0 aromatic heterocycles. The quantitative estimate of drug-likeness (QED) is 0.672. The van der Waals surface area contributed by atoms with Crippen LogP contribution < -0.4 is 5.32 Å². The van der Waals surface area contributed by atoms with Crippen LogP contribution in [-0.4, -0.2) is 37.5 Å². The van der Waals surface area contributed by atoms with E-state index in [-0.39, 0.29) is 12.2 Å². The molecule has 0 fully saturated rings. The highest BCUT2D eigenvalue weighted by Crippen LogP contribution is 2.39. The van der Waals surface area contributed by atoms with Gasteiger partial charge >= 0.3 is 11.9 Å². The van der Waals surface area contributed by atoms with E-state index >= 15 is 0 Å². The lowest BCUT2D eigenvalue weighted by atomic mass is 9.76. The van der Waals surface area contributed by atoms with Crippen molar-refractivity contribution < 1.29 is 23.9 Å². The summed E-state index contributed by atoms with van der Waals surface area (Å²) in [5.41, 5.74) is -0.244. The Morgan fingerprint density at radius 2 is 1.54 bits per heavy atom. The Labute approximate surface area is 151 Å². The molecule has 0 amide bonds. The highest BCUT2D eigenvalue weighted by Gasteiger charge is 2.59. The molecule has 1 aliphatic heterocycles. The number of ketones is 1. The monoisotopic (exact) mass is 353 g/mol. The third-order valence-corrected chi connectivity index (χ3v) is 4.62. The molecule has 1 atom stereocenters. The molecule has 134 valence electrons. The van der Waals surface area contributed by atoms with E-state index in [1.807, 2.05) is 0 Å². The van der Waals surface area contributed by atoms with Crippen LogP contribution in [-0.2, 0) is 30.3 Å². The summed E-state index contributed by atoms with van der Waals surface area (Å²) in [5.74, 6) is -3.10. The number of ether oxygens (including phenoxy) is 2. The van der Waals surface area contributed by atoms with E-state index in [2.05, 4.69) is 5.32 Å². The SMILES string of the molecule is COC(=O)C1(C(=O)OC)Nc2ccccc2CC(=O)C1c1ccccc1. The predicted octanol–water partition coefficient (Wildman–Crippen LogP) is 2.09. The van der Waals surface area contributed by atoms with Gasteiger partial charge in [0, 0.05) is 12.1 Å². The first-order chi connectivity index (χ1) is 12.5. The number of nitrogens with one attached hydrogen (secondary N) is 1. The molecule has 0 aliphatic carbocycles. The summed E-state index contributed by atoms with van der Waals surface area (Å²) < 4.78 is 9.86. The lowest BCUT2D eigenvalue weighted by molar-refractivity contribution is -0.162. The number of methoxy groups -OCH3 is 2. The summed E-state index contributed by atoms with van der Waals surface area (Å²) >= 11 is 0. The number of para-hydroxylation sites is 1. The number of carbonyl (C=O) groups is 3. The van der Waals surface area contributed by atoms with Crippen LogP contribution in [0.2, 0.25) is 0 Å². The number of hydrogen-bond donors (Lipinski definition) is 1. The molecule has 2 aromatic carbocycles. The molecule has 1 aliphatic rings. The fraction of sp³-hybridized carbons (Fsp3) is 0.250. The van der Waals surface area contributed by atoms with Crippen molar-refractivity contribution in [3.8, 4) is 0 Å². The van der Waals surface area contributed by atoms with Crippen molar-refractivity contribution in [2.24, 2.45) is 0 Å². The van der Waals surface area contributed by atoms with Gasteiger partial charge in [0.25, 0.3) is 0 Å². The molecular formula is C20H19NO5. The van der Waals surface area contributed by atoms with Crippen molar-refractivity contribution in [3.05, 3.63) is 65.7 Å². The molecule has 6 nitrogen and oxygen atoms in total. The average molecular weight is 353 g/mol. The Bertz CT molecular complexity index is 830. The average Bonchev–Trinajstić information content (AvgIpc) is 2.81. The van der Waals surface area contributed by atoms with E-state index in [0.29, 0.717) is 16.8 Å². The smallest absolute Gasteiger partial charge is 0.344 e. The van der Waals surface area contributed by atoms with E-state index in [0.717, 1.165) is 0 Å². The second-order valence-electron chi connectivity index (χ2n) is 6.06. The number of rotatable bonds is 3. The van der Waals surface area contributed by atoms with Crippen LogP contribution in [0.15, 0.2) is 54.6 Å². The van der Waals surface area contributed by atoms with Crippen LogP contribution in [0.5, 0.6) is 0 Å². The van der Waals surface area contributed by atoms with E-state index in [9.17, 15) is 14.4 Å². The van der Waals surface area contributed by atoms with Gasteiger partial charge in [0.2, 0.25) is 5.54 Å². The largest absolute Gasteiger partial charge is 0.467 e. The van der Waals surface area contributed by atoms with E-state index in [1.54, 1.807) is 54.6 Å². The zero-order valence-electron chi connectivity index (χ0n) is 14.5. The van der Waals surface area contributed by atoms with E-state index in [4.69, 9.17) is 9.47 Å². The van der Waals surface area contributed by atoms with Crippen LogP contribution in [0.1, 0.15) is 17.0 Å². The van der Waals surface area contributed by atoms with Crippen molar-refractivity contribution in [1.29, 1.82) is 0 Å². The number of esters is 2. The van der Waals surface area contributed by atoms with Crippen LogP contribution in [0, 0.1) is 0 Å². The Balaban J connectivity index is 2.29. The van der Waals surface area contributed by atoms with E-state index < -0.39 is 23.4 Å². The normalized spacial score (nSPS) is 18.1. The summed E-state index contributed by atoms with van der Waals surface area (Å²) in [5, 5.41) is 2.98. The molecule has 0 saturated carbocycles. The standard InChI is InChI=1S/C20H19NO5/c1-25-18(23)20(19(24)26-2)17(13-8-4-3-5-9-13)16(22)12-14-10-6-7-11-15(14)21-20/h3-11,17,21H,12H2,1-2H3. The highest BCUT2D eigenvalue weighted by molar-refractivity contribution is 6.15. The van der Waals surface area contributed by atoms with Gasteiger partial charge in [0.05, 0.1) is 20.1 Å². The molecule has 0 saturated heterocycles. The maximum atomic E-state index is 13.2. The van der Waals surface area contributed by atoms with Crippen molar-refractivity contribution in [2.45, 2.75) is 17.9 Å². The van der Waals surface area contributed by atoms with Crippen LogP contribution in [0.4, 0.5) is 5.69 Å².